The number of nitrogens with zero attached hydrogens (tertiary/aromatic N) is 5. The van der Waals surface area contributed by atoms with Crippen LogP contribution in [-0.4, -0.2) is 24.7 Å². The normalized spacial score (nSPS) is 10.6. The largest absolute Gasteiger partial charge is 0.355 e. The molecular formula is C15H13BrN6O2. The van der Waals surface area contributed by atoms with E-state index in [1.807, 2.05) is 32.0 Å². The van der Waals surface area contributed by atoms with Gasteiger partial charge >= 0.3 is 5.69 Å². The number of rotatable bonds is 4. The summed E-state index contributed by atoms with van der Waals surface area (Å²) in [6.07, 6.45) is 1.28. The highest BCUT2D eigenvalue weighted by molar-refractivity contribution is 9.10. The van der Waals surface area contributed by atoms with Gasteiger partial charge in [-0.1, -0.05) is 22.0 Å². The number of anilines is 2. The van der Waals surface area contributed by atoms with E-state index in [0.717, 1.165) is 15.9 Å². The third kappa shape index (κ3) is 3.11. The molecule has 0 atom stereocenters. The van der Waals surface area contributed by atoms with Crippen molar-refractivity contribution in [3.8, 4) is 5.82 Å². The van der Waals surface area contributed by atoms with Crippen LogP contribution in [0.1, 0.15) is 11.4 Å². The Morgan fingerprint density at radius 1 is 1.25 bits per heavy atom. The van der Waals surface area contributed by atoms with Crippen molar-refractivity contribution in [3.63, 3.8) is 0 Å². The van der Waals surface area contributed by atoms with Crippen molar-refractivity contribution in [1.29, 1.82) is 0 Å². The first-order valence-electron chi connectivity index (χ1n) is 7.01. The molecule has 8 nitrogen and oxygen atoms in total. The summed E-state index contributed by atoms with van der Waals surface area (Å²) in [6, 6.07) is 9.10. The summed E-state index contributed by atoms with van der Waals surface area (Å²) >= 11 is 3.37. The molecule has 2 heterocycles. The molecule has 0 amide bonds. The molecule has 1 aromatic carbocycles. The minimum absolute atomic E-state index is 0.107. The van der Waals surface area contributed by atoms with Crippen LogP contribution in [0.2, 0.25) is 0 Å². The van der Waals surface area contributed by atoms with Crippen molar-refractivity contribution in [2.24, 2.45) is 0 Å². The lowest BCUT2D eigenvalue weighted by Crippen LogP contribution is -2.09. The van der Waals surface area contributed by atoms with Gasteiger partial charge in [-0.15, -0.1) is 0 Å². The van der Waals surface area contributed by atoms with E-state index in [-0.39, 0.29) is 17.3 Å². The highest BCUT2D eigenvalue weighted by atomic mass is 79.9. The molecule has 0 saturated heterocycles. The molecule has 0 unspecified atom stereocenters. The fraction of sp³-hybridized carbons (Fsp3) is 0.133. The molecular weight excluding hydrogens is 376 g/mol. The molecule has 0 aliphatic heterocycles. The number of aromatic nitrogens is 4. The van der Waals surface area contributed by atoms with Crippen LogP contribution in [0.4, 0.5) is 17.2 Å². The standard InChI is InChI=1S/C15H13BrN6O2/c1-9-6-10(2)21(20-9)15-13(22(23)24)14(17-8-18-15)19-12-5-3-4-11(16)7-12/h3-8H,1-2H3,(H,17,18,19). The number of benzene rings is 1. The van der Waals surface area contributed by atoms with Gasteiger partial charge in [-0.05, 0) is 38.1 Å². The van der Waals surface area contributed by atoms with Crippen molar-refractivity contribution in [2.75, 3.05) is 5.32 Å². The van der Waals surface area contributed by atoms with E-state index in [2.05, 4.69) is 36.3 Å². The van der Waals surface area contributed by atoms with Crippen LogP contribution < -0.4 is 5.32 Å². The van der Waals surface area contributed by atoms with Gasteiger partial charge in [0.05, 0.1) is 10.6 Å². The Balaban J connectivity index is 2.12. The average molecular weight is 389 g/mol. The third-order valence-electron chi connectivity index (χ3n) is 3.28. The topological polar surface area (TPSA) is 98.8 Å². The quantitative estimate of drug-likeness (QED) is 0.540. The van der Waals surface area contributed by atoms with E-state index < -0.39 is 4.92 Å². The van der Waals surface area contributed by atoms with Crippen LogP contribution in [0, 0.1) is 24.0 Å². The molecule has 24 heavy (non-hydrogen) atoms. The lowest BCUT2D eigenvalue weighted by molar-refractivity contribution is -0.384. The van der Waals surface area contributed by atoms with E-state index in [9.17, 15) is 10.1 Å². The highest BCUT2D eigenvalue weighted by Gasteiger charge is 2.26. The summed E-state index contributed by atoms with van der Waals surface area (Å²) in [6.45, 7) is 3.63. The molecule has 0 radical (unpaired) electrons. The number of aryl methyl sites for hydroxylation is 2. The zero-order valence-electron chi connectivity index (χ0n) is 12.9. The molecule has 0 aliphatic carbocycles. The van der Waals surface area contributed by atoms with Crippen molar-refractivity contribution in [2.45, 2.75) is 13.8 Å². The molecule has 3 rings (SSSR count). The van der Waals surface area contributed by atoms with Gasteiger partial charge in [-0.2, -0.15) is 5.10 Å². The first-order chi connectivity index (χ1) is 11.5. The number of hydrogen-bond acceptors (Lipinski definition) is 6. The van der Waals surface area contributed by atoms with Gasteiger partial charge in [-0.3, -0.25) is 10.1 Å². The molecule has 9 heteroatoms. The minimum Gasteiger partial charge on any atom is -0.334 e. The molecule has 3 aromatic rings. The van der Waals surface area contributed by atoms with Crippen molar-refractivity contribution in [1.82, 2.24) is 19.7 Å². The SMILES string of the molecule is Cc1cc(C)n(-c2ncnc(Nc3cccc(Br)c3)c2[N+](=O)[O-])n1. The van der Waals surface area contributed by atoms with Gasteiger partial charge in [-0.25, -0.2) is 14.6 Å². The maximum Gasteiger partial charge on any atom is 0.355 e. The first kappa shape index (κ1) is 16.1. The second-order valence-corrected chi connectivity index (χ2v) is 6.04. The van der Waals surface area contributed by atoms with Crippen molar-refractivity contribution < 1.29 is 4.92 Å². The van der Waals surface area contributed by atoms with Gasteiger partial charge < -0.3 is 5.32 Å². The Bertz CT molecular complexity index is 924. The van der Waals surface area contributed by atoms with Gasteiger partial charge in [0.2, 0.25) is 11.6 Å². The fourth-order valence-electron chi connectivity index (χ4n) is 2.33. The second kappa shape index (κ2) is 6.36. The second-order valence-electron chi connectivity index (χ2n) is 5.13. The number of halogens is 1. The Kier molecular flexibility index (Phi) is 4.26. The smallest absolute Gasteiger partial charge is 0.334 e. The predicted molar refractivity (Wildman–Crippen MR) is 92.7 cm³/mol. The van der Waals surface area contributed by atoms with Crippen LogP contribution in [0.25, 0.3) is 5.82 Å². The lowest BCUT2D eigenvalue weighted by atomic mass is 10.3. The van der Waals surface area contributed by atoms with Crippen molar-refractivity contribution >= 4 is 33.1 Å². The lowest BCUT2D eigenvalue weighted by Gasteiger charge is -2.09. The molecule has 0 fully saturated rings. The molecule has 0 bridgehead atoms. The Morgan fingerprint density at radius 2 is 2.04 bits per heavy atom. The zero-order valence-corrected chi connectivity index (χ0v) is 14.5. The van der Waals surface area contributed by atoms with Crippen LogP contribution in [0.3, 0.4) is 0 Å². The van der Waals surface area contributed by atoms with E-state index in [1.54, 1.807) is 12.1 Å². The summed E-state index contributed by atoms with van der Waals surface area (Å²) in [4.78, 5) is 19.2. The van der Waals surface area contributed by atoms with Gasteiger partial charge in [0, 0.05) is 15.9 Å². The van der Waals surface area contributed by atoms with Gasteiger partial charge in [0.25, 0.3) is 0 Å². The van der Waals surface area contributed by atoms with E-state index in [1.165, 1.54) is 11.0 Å². The van der Waals surface area contributed by atoms with E-state index in [0.29, 0.717) is 5.69 Å². The summed E-state index contributed by atoms with van der Waals surface area (Å²) in [7, 11) is 0. The summed E-state index contributed by atoms with van der Waals surface area (Å²) in [5.41, 5.74) is 1.94. The number of hydrogen-bond donors (Lipinski definition) is 1. The van der Waals surface area contributed by atoms with Crippen LogP contribution in [0.15, 0.2) is 41.1 Å². The van der Waals surface area contributed by atoms with Crippen LogP contribution in [-0.2, 0) is 0 Å². The molecule has 122 valence electrons. The minimum atomic E-state index is -0.508. The molecule has 2 aromatic heterocycles. The molecule has 0 aliphatic rings. The zero-order chi connectivity index (χ0) is 17.3. The highest BCUT2D eigenvalue weighted by Crippen LogP contribution is 2.31. The Hall–Kier alpha value is -2.81. The summed E-state index contributed by atoms with van der Waals surface area (Å²) < 4.78 is 2.30. The van der Waals surface area contributed by atoms with E-state index in [4.69, 9.17) is 0 Å². The maximum atomic E-state index is 11.6. The Morgan fingerprint density at radius 3 is 2.67 bits per heavy atom. The average Bonchev–Trinajstić information content (AvgIpc) is 2.85. The first-order valence-corrected chi connectivity index (χ1v) is 7.80. The van der Waals surface area contributed by atoms with Crippen molar-refractivity contribution in [3.05, 3.63) is 62.6 Å². The number of nitrogens with one attached hydrogen (secondary N) is 1. The van der Waals surface area contributed by atoms with Crippen LogP contribution >= 0.6 is 15.9 Å². The summed E-state index contributed by atoms with van der Waals surface area (Å²) in [5, 5.41) is 18.9. The fourth-order valence-corrected chi connectivity index (χ4v) is 2.73. The van der Waals surface area contributed by atoms with Gasteiger partial charge in [0.15, 0.2) is 0 Å². The van der Waals surface area contributed by atoms with E-state index >= 15 is 0 Å². The summed E-state index contributed by atoms with van der Waals surface area (Å²) in [5.74, 6) is 0.230. The number of nitro groups is 1. The molecule has 0 saturated carbocycles. The Labute approximate surface area is 145 Å². The maximum absolute atomic E-state index is 11.6. The molecule has 0 spiro atoms. The third-order valence-corrected chi connectivity index (χ3v) is 3.78. The monoisotopic (exact) mass is 388 g/mol. The molecule has 1 N–H and O–H groups in total. The van der Waals surface area contributed by atoms with Crippen LogP contribution in [0.5, 0.6) is 0 Å². The van der Waals surface area contributed by atoms with Gasteiger partial charge in [0.1, 0.15) is 6.33 Å². The predicted octanol–water partition coefficient (Wildman–Crippen LogP) is 3.69.